The molecule has 1 aromatic rings. The van der Waals surface area contributed by atoms with Crippen LogP contribution < -0.4 is 5.32 Å². The lowest BCUT2D eigenvalue weighted by atomic mass is 9.91. The summed E-state index contributed by atoms with van der Waals surface area (Å²) in [5.41, 5.74) is 1.81. The zero-order valence-corrected chi connectivity index (χ0v) is 15.8. The minimum atomic E-state index is -0.485. The Morgan fingerprint density at radius 2 is 2.04 bits per heavy atom. The number of nitrogens with zero attached hydrogens (tertiary/aromatic N) is 1. The predicted molar refractivity (Wildman–Crippen MR) is 100 cm³/mol. The van der Waals surface area contributed by atoms with Gasteiger partial charge in [0, 0.05) is 25.0 Å². The zero-order valence-electron chi connectivity index (χ0n) is 15.8. The number of carbonyl (C=O) groups is 1. The average Bonchev–Trinajstić information content (AvgIpc) is 2.97. The summed E-state index contributed by atoms with van der Waals surface area (Å²) < 4.78 is 5.52. The van der Waals surface area contributed by atoms with Gasteiger partial charge in [-0.3, -0.25) is 4.90 Å². The minimum absolute atomic E-state index is 0.248. The van der Waals surface area contributed by atoms with E-state index in [0.717, 1.165) is 25.9 Å². The third kappa shape index (κ3) is 3.90. The highest BCUT2D eigenvalue weighted by molar-refractivity contribution is 5.69. The molecule has 3 rings (SSSR count). The second kappa shape index (κ2) is 6.49. The van der Waals surface area contributed by atoms with Gasteiger partial charge in [-0.2, -0.15) is 0 Å². The Bertz CT molecular complexity index is 650. The summed E-state index contributed by atoms with van der Waals surface area (Å²) in [6.45, 7) is 13.9. The first-order chi connectivity index (χ1) is 11.7. The first-order valence-corrected chi connectivity index (χ1v) is 9.15. The van der Waals surface area contributed by atoms with Gasteiger partial charge in [0.15, 0.2) is 0 Å². The first-order valence-electron chi connectivity index (χ1n) is 9.15. The number of likely N-dealkylation sites (tertiary alicyclic amines) is 1. The molecule has 25 heavy (non-hydrogen) atoms. The summed E-state index contributed by atoms with van der Waals surface area (Å²) in [4.78, 5) is 14.9. The van der Waals surface area contributed by atoms with Crippen LogP contribution >= 0.6 is 0 Å². The molecule has 1 aliphatic heterocycles. The quantitative estimate of drug-likeness (QED) is 0.833. The number of benzene rings is 1. The van der Waals surface area contributed by atoms with Gasteiger partial charge < -0.3 is 10.1 Å². The largest absolute Gasteiger partial charge is 0.444 e. The molecule has 0 aromatic heterocycles. The molecule has 1 heterocycles. The average molecular weight is 342 g/mol. The fourth-order valence-corrected chi connectivity index (χ4v) is 4.27. The van der Waals surface area contributed by atoms with Crippen LogP contribution in [0.2, 0.25) is 0 Å². The number of rotatable bonds is 3. The summed E-state index contributed by atoms with van der Waals surface area (Å²) in [6, 6.07) is 10.9. The minimum Gasteiger partial charge on any atom is -0.444 e. The van der Waals surface area contributed by atoms with E-state index >= 15 is 0 Å². The highest BCUT2D eigenvalue weighted by Crippen LogP contribution is 2.46. The van der Waals surface area contributed by atoms with Gasteiger partial charge in [-0.25, -0.2) is 4.79 Å². The Balaban J connectivity index is 1.75. The molecule has 0 spiro atoms. The number of hydrogen-bond donors (Lipinski definition) is 1. The van der Waals surface area contributed by atoms with Crippen LogP contribution in [0.25, 0.3) is 0 Å². The van der Waals surface area contributed by atoms with Crippen molar-refractivity contribution in [2.24, 2.45) is 5.92 Å². The molecular weight excluding hydrogens is 312 g/mol. The summed E-state index contributed by atoms with van der Waals surface area (Å²) in [7, 11) is 0. The molecule has 1 saturated carbocycles. The van der Waals surface area contributed by atoms with E-state index in [9.17, 15) is 4.79 Å². The topological polar surface area (TPSA) is 41.6 Å². The predicted octanol–water partition coefficient (Wildman–Crippen LogP) is 4.29. The Morgan fingerprint density at radius 3 is 2.68 bits per heavy atom. The van der Waals surface area contributed by atoms with Gasteiger partial charge in [0.2, 0.25) is 0 Å². The van der Waals surface area contributed by atoms with Crippen molar-refractivity contribution in [2.45, 2.75) is 57.7 Å². The molecule has 1 aromatic carbocycles. The number of alkyl carbamates (subject to hydrolysis) is 1. The van der Waals surface area contributed by atoms with E-state index in [2.05, 4.69) is 48.0 Å². The van der Waals surface area contributed by atoms with Crippen LogP contribution in [0.1, 0.15) is 52.1 Å². The van der Waals surface area contributed by atoms with Gasteiger partial charge >= 0.3 is 6.09 Å². The zero-order chi connectivity index (χ0) is 18.2. The monoisotopic (exact) mass is 342 g/mol. The van der Waals surface area contributed by atoms with Crippen molar-refractivity contribution in [3.63, 3.8) is 0 Å². The maximum absolute atomic E-state index is 12.4. The van der Waals surface area contributed by atoms with E-state index in [-0.39, 0.29) is 11.6 Å². The van der Waals surface area contributed by atoms with E-state index < -0.39 is 5.60 Å². The van der Waals surface area contributed by atoms with E-state index in [0.29, 0.717) is 12.0 Å². The fraction of sp³-hybridized carbons (Fsp3) is 0.571. The summed E-state index contributed by atoms with van der Waals surface area (Å²) in [6.07, 6.45) is 1.50. The SMILES string of the molecule is C=C1C[C@@H]2CN([C@H](C)c3ccccc3)C[C@]2(NC(=O)OC(C)(C)C)C1. The summed E-state index contributed by atoms with van der Waals surface area (Å²) in [5.74, 6) is 0.402. The lowest BCUT2D eigenvalue weighted by molar-refractivity contribution is 0.0444. The first kappa shape index (κ1) is 18.0. The van der Waals surface area contributed by atoms with Crippen molar-refractivity contribution < 1.29 is 9.53 Å². The number of ether oxygens (including phenoxy) is 1. The molecule has 3 atom stereocenters. The van der Waals surface area contributed by atoms with Crippen molar-refractivity contribution in [2.75, 3.05) is 13.1 Å². The lowest BCUT2D eigenvalue weighted by Crippen LogP contribution is -2.53. The van der Waals surface area contributed by atoms with Gasteiger partial charge in [-0.15, -0.1) is 0 Å². The molecule has 0 unspecified atom stereocenters. The molecule has 1 aliphatic carbocycles. The van der Waals surface area contributed by atoms with E-state index in [1.165, 1.54) is 11.1 Å². The van der Waals surface area contributed by atoms with Crippen molar-refractivity contribution in [3.8, 4) is 0 Å². The molecule has 4 heteroatoms. The van der Waals surface area contributed by atoms with Crippen LogP contribution in [-0.4, -0.2) is 35.2 Å². The molecule has 1 amide bonds. The number of nitrogens with one attached hydrogen (secondary N) is 1. The number of amides is 1. The van der Waals surface area contributed by atoms with Crippen LogP contribution in [0.3, 0.4) is 0 Å². The highest BCUT2D eigenvalue weighted by Gasteiger charge is 2.53. The fourth-order valence-electron chi connectivity index (χ4n) is 4.27. The second-order valence-electron chi connectivity index (χ2n) is 8.63. The third-order valence-electron chi connectivity index (χ3n) is 5.40. The van der Waals surface area contributed by atoms with Gasteiger partial charge in [0.05, 0.1) is 5.54 Å². The van der Waals surface area contributed by atoms with Crippen molar-refractivity contribution >= 4 is 6.09 Å². The molecular formula is C21H30N2O2. The molecule has 2 aliphatic rings. The highest BCUT2D eigenvalue weighted by atomic mass is 16.6. The van der Waals surface area contributed by atoms with Gasteiger partial charge in [0.25, 0.3) is 0 Å². The molecule has 1 saturated heterocycles. The van der Waals surface area contributed by atoms with E-state index in [4.69, 9.17) is 4.74 Å². The molecule has 4 nitrogen and oxygen atoms in total. The van der Waals surface area contributed by atoms with Crippen LogP contribution in [0.15, 0.2) is 42.5 Å². The normalized spacial score (nSPS) is 27.8. The standard InChI is InChI=1S/C21H30N2O2/c1-15-11-18-13-23(16(2)17-9-7-6-8-10-17)14-21(18,12-15)22-19(24)25-20(3,4)5/h6-10,16,18H,1,11-14H2,2-5H3,(H,22,24)/t16-,18-,21-/m1/s1. The second-order valence-corrected chi connectivity index (χ2v) is 8.63. The van der Waals surface area contributed by atoms with E-state index in [1.54, 1.807) is 0 Å². The van der Waals surface area contributed by atoms with Gasteiger partial charge in [0.1, 0.15) is 5.60 Å². The van der Waals surface area contributed by atoms with Crippen LogP contribution in [0, 0.1) is 5.92 Å². The van der Waals surface area contributed by atoms with Crippen LogP contribution in [-0.2, 0) is 4.74 Å². The molecule has 0 radical (unpaired) electrons. The number of hydrogen-bond acceptors (Lipinski definition) is 3. The maximum Gasteiger partial charge on any atom is 0.408 e. The summed E-state index contributed by atoms with van der Waals surface area (Å²) in [5, 5.41) is 3.21. The van der Waals surface area contributed by atoms with E-state index in [1.807, 2.05) is 26.8 Å². The van der Waals surface area contributed by atoms with Gasteiger partial charge in [-0.05, 0) is 46.1 Å². The van der Waals surface area contributed by atoms with Crippen LogP contribution in [0.4, 0.5) is 4.79 Å². The van der Waals surface area contributed by atoms with Crippen molar-refractivity contribution in [1.82, 2.24) is 10.2 Å². The van der Waals surface area contributed by atoms with Crippen molar-refractivity contribution in [1.29, 1.82) is 0 Å². The molecule has 0 bridgehead atoms. The smallest absolute Gasteiger partial charge is 0.408 e. The molecule has 2 fully saturated rings. The maximum atomic E-state index is 12.4. The molecule has 1 N–H and O–H groups in total. The Labute approximate surface area is 151 Å². The summed E-state index contributed by atoms with van der Waals surface area (Å²) >= 11 is 0. The number of carbonyl (C=O) groups excluding carboxylic acids is 1. The van der Waals surface area contributed by atoms with Gasteiger partial charge in [-0.1, -0.05) is 42.5 Å². The Hall–Kier alpha value is -1.81. The van der Waals surface area contributed by atoms with Crippen molar-refractivity contribution in [3.05, 3.63) is 48.0 Å². The number of fused-ring (bicyclic) bond motifs is 1. The Morgan fingerprint density at radius 1 is 1.36 bits per heavy atom. The third-order valence-corrected chi connectivity index (χ3v) is 5.40. The molecule has 136 valence electrons. The Kier molecular flexibility index (Phi) is 4.67. The van der Waals surface area contributed by atoms with Crippen LogP contribution in [0.5, 0.6) is 0 Å². The lowest BCUT2D eigenvalue weighted by Gasteiger charge is -2.32.